The average Bonchev–Trinajstić information content (AvgIpc) is 3.26. The van der Waals surface area contributed by atoms with Crippen molar-refractivity contribution in [3.63, 3.8) is 0 Å². The zero-order valence-corrected chi connectivity index (χ0v) is 14.4. The molecular weight excluding hydrogens is 328 g/mol. The number of rotatable bonds is 4. The van der Waals surface area contributed by atoms with Crippen LogP contribution in [-0.2, 0) is 4.79 Å². The molecule has 3 amide bonds. The van der Waals surface area contributed by atoms with Crippen molar-refractivity contribution < 1.29 is 14.4 Å². The number of hydrogen-bond donors (Lipinski definition) is 0. The van der Waals surface area contributed by atoms with Crippen LogP contribution in [0.15, 0.2) is 54.6 Å². The van der Waals surface area contributed by atoms with Gasteiger partial charge in [-0.1, -0.05) is 42.5 Å². The van der Waals surface area contributed by atoms with Crippen LogP contribution in [0.5, 0.6) is 0 Å². The van der Waals surface area contributed by atoms with E-state index in [9.17, 15) is 14.4 Å². The molecule has 1 saturated heterocycles. The minimum atomic E-state index is -0.306. The quantitative estimate of drug-likeness (QED) is 0.798. The standard InChI is InChI=1S/C21H20N2O3/c24-19(22-13-6-11-18(22)15-7-2-1-3-8-15)12-14-23-20(25)16-9-4-5-10-17(16)21(23)26/h1-5,7-10,18H,6,11-14H2/t18-/m0/s1. The lowest BCUT2D eigenvalue weighted by Crippen LogP contribution is -2.36. The summed E-state index contributed by atoms with van der Waals surface area (Å²) in [6.45, 7) is 0.851. The molecular formula is C21H20N2O3. The van der Waals surface area contributed by atoms with Gasteiger partial charge in [-0.25, -0.2) is 0 Å². The molecule has 1 fully saturated rings. The molecule has 2 heterocycles. The van der Waals surface area contributed by atoms with Gasteiger partial charge in [0.25, 0.3) is 11.8 Å². The van der Waals surface area contributed by atoms with Crippen LogP contribution in [0.4, 0.5) is 0 Å². The predicted octanol–water partition coefficient (Wildman–Crippen LogP) is 3.04. The highest BCUT2D eigenvalue weighted by Crippen LogP contribution is 2.32. The van der Waals surface area contributed by atoms with Crippen molar-refractivity contribution in [3.8, 4) is 0 Å². The number of carbonyl (C=O) groups excluding carboxylic acids is 3. The Kier molecular flexibility index (Phi) is 4.29. The normalized spacial score (nSPS) is 19.2. The summed E-state index contributed by atoms with van der Waals surface area (Å²) in [5.41, 5.74) is 1.99. The van der Waals surface area contributed by atoms with E-state index in [4.69, 9.17) is 0 Å². The molecule has 0 saturated carbocycles. The van der Waals surface area contributed by atoms with E-state index >= 15 is 0 Å². The SMILES string of the molecule is O=C1c2ccccc2C(=O)N1CCC(=O)N1CCC[C@H]1c1ccccc1. The number of benzene rings is 2. The largest absolute Gasteiger partial charge is 0.336 e. The molecule has 26 heavy (non-hydrogen) atoms. The summed E-state index contributed by atoms with van der Waals surface area (Å²) in [6.07, 6.45) is 2.08. The highest BCUT2D eigenvalue weighted by molar-refractivity contribution is 6.21. The minimum Gasteiger partial charge on any atom is -0.336 e. The number of amides is 3. The summed E-state index contributed by atoms with van der Waals surface area (Å²) in [5, 5.41) is 0. The Morgan fingerprint density at radius 2 is 1.54 bits per heavy atom. The monoisotopic (exact) mass is 348 g/mol. The van der Waals surface area contributed by atoms with Crippen molar-refractivity contribution in [1.82, 2.24) is 9.80 Å². The minimum absolute atomic E-state index is 0.00657. The van der Waals surface area contributed by atoms with Crippen LogP contribution in [0, 0.1) is 0 Å². The molecule has 1 atom stereocenters. The molecule has 4 rings (SSSR count). The Morgan fingerprint density at radius 3 is 2.19 bits per heavy atom. The van der Waals surface area contributed by atoms with Gasteiger partial charge in [0, 0.05) is 19.5 Å². The Labute approximate surface area is 152 Å². The van der Waals surface area contributed by atoms with Crippen LogP contribution in [-0.4, -0.2) is 40.6 Å². The van der Waals surface area contributed by atoms with E-state index in [0.717, 1.165) is 24.9 Å². The third-order valence-electron chi connectivity index (χ3n) is 5.18. The van der Waals surface area contributed by atoms with E-state index in [-0.39, 0.29) is 36.7 Å². The summed E-state index contributed by atoms with van der Waals surface area (Å²) in [7, 11) is 0. The number of likely N-dealkylation sites (tertiary alicyclic amines) is 1. The van der Waals surface area contributed by atoms with Gasteiger partial charge in [-0.05, 0) is 30.5 Å². The molecule has 0 spiro atoms. The van der Waals surface area contributed by atoms with Gasteiger partial charge in [-0.15, -0.1) is 0 Å². The maximum Gasteiger partial charge on any atom is 0.261 e. The molecule has 0 aliphatic carbocycles. The highest BCUT2D eigenvalue weighted by Gasteiger charge is 2.36. The fourth-order valence-electron chi connectivity index (χ4n) is 3.88. The van der Waals surface area contributed by atoms with E-state index in [0.29, 0.717) is 11.1 Å². The first-order valence-corrected chi connectivity index (χ1v) is 8.96. The molecule has 5 nitrogen and oxygen atoms in total. The lowest BCUT2D eigenvalue weighted by atomic mass is 10.0. The van der Waals surface area contributed by atoms with Gasteiger partial charge in [0.05, 0.1) is 17.2 Å². The van der Waals surface area contributed by atoms with Gasteiger partial charge in [-0.2, -0.15) is 0 Å². The second-order valence-electron chi connectivity index (χ2n) is 6.71. The average molecular weight is 348 g/mol. The first-order valence-electron chi connectivity index (χ1n) is 8.96. The fraction of sp³-hybridized carbons (Fsp3) is 0.286. The molecule has 5 heteroatoms. The summed E-state index contributed by atoms with van der Waals surface area (Å²) >= 11 is 0. The van der Waals surface area contributed by atoms with Crippen LogP contribution in [0.2, 0.25) is 0 Å². The number of nitrogens with zero attached hydrogens (tertiary/aromatic N) is 2. The molecule has 0 unspecified atom stereocenters. The third kappa shape index (κ3) is 2.79. The van der Waals surface area contributed by atoms with Gasteiger partial charge in [0.2, 0.25) is 5.91 Å². The Morgan fingerprint density at radius 1 is 0.923 bits per heavy atom. The van der Waals surface area contributed by atoms with Crippen LogP contribution in [0.25, 0.3) is 0 Å². The van der Waals surface area contributed by atoms with E-state index in [1.807, 2.05) is 35.2 Å². The Bertz CT molecular complexity index is 828. The second kappa shape index (κ2) is 6.75. The van der Waals surface area contributed by atoms with Crippen molar-refractivity contribution in [2.24, 2.45) is 0 Å². The molecule has 0 bridgehead atoms. The number of carbonyl (C=O) groups is 3. The number of hydrogen-bond acceptors (Lipinski definition) is 3. The second-order valence-corrected chi connectivity index (χ2v) is 6.71. The molecule has 2 aromatic rings. The van der Waals surface area contributed by atoms with E-state index in [1.54, 1.807) is 24.3 Å². The van der Waals surface area contributed by atoms with Gasteiger partial charge in [0.15, 0.2) is 0 Å². The summed E-state index contributed by atoms with van der Waals surface area (Å²) in [6, 6.07) is 16.9. The van der Waals surface area contributed by atoms with Crippen molar-refractivity contribution in [1.29, 1.82) is 0 Å². The fourth-order valence-corrected chi connectivity index (χ4v) is 3.88. The summed E-state index contributed by atoms with van der Waals surface area (Å²) in [5.74, 6) is -0.619. The van der Waals surface area contributed by atoms with Crippen molar-refractivity contribution in [3.05, 3.63) is 71.3 Å². The molecule has 2 aromatic carbocycles. The van der Waals surface area contributed by atoms with Gasteiger partial charge < -0.3 is 4.90 Å². The molecule has 132 valence electrons. The lowest BCUT2D eigenvalue weighted by Gasteiger charge is -2.26. The topological polar surface area (TPSA) is 57.7 Å². The lowest BCUT2D eigenvalue weighted by molar-refractivity contribution is -0.132. The van der Waals surface area contributed by atoms with Crippen LogP contribution in [0.3, 0.4) is 0 Å². The molecule has 2 aliphatic heterocycles. The van der Waals surface area contributed by atoms with Crippen molar-refractivity contribution in [2.75, 3.05) is 13.1 Å². The summed E-state index contributed by atoms with van der Waals surface area (Å²) in [4.78, 5) is 40.6. The first-order chi connectivity index (χ1) is 12.7. The maximum absolute atomic E-state index is 12.7. The summed E-state index contributed by atoms with van der Waals surface area (Å²) < 4.78 is 0. The Balaban J connectivity index is 1.43. The molecule has 0 aromatic heterocycles. The van der Waals surface area contributed by atoms with Gasteiger partial charge in [-0.3, -0.25) is 19.3 Å². The first kappa shape index (κ1) is 16.5. The molecule has 0 radical (unpaired) electrons. The van der Waals surface area contributed by atoms with Gasteiger partial charge >= 0.3 is 0 Å². The Hall–Kier alpha value is -2.95. The maximum atomic E-state index is 12.7. The van der Waals surface area contributed by atoms with E-state index in [2.05, 4.69) is 0 Å². The molecule has 2 aliphatic rings. The smallest absolute Gasteiger partial charge is 0.261 e. The molecule has 0 N–H and O–H groups in total. The predicted molar refractivity (Wildman–Crippen MR) is 96.6 cm³/mol. The van der Waals surface area contributed by atoms with Crippen LogP contribution < -0.4 is 0 Å². The van der Waals surface area contributed by atoms with Crippen LogP contribution >= 0.6 is 0 Å². The number of fused-ring (bicyclic) bond motifs is 1. The zero-order chi connectivity index (χ0) is 18.1. The van der Waals surface area contributed by atoms with Gasteiger partial charge in [0.1, 0.15) is 0 Å². The van der Waals surface area contributed by atoms with Crippen molar-refractivity contribution >= 4 is 17.7 Å². The van der Waals surface area contributed by atoms with Crippen molar-refractivity contribution in [2.45, 2.75) is 25.3 Å². The third-order valence-corrected chi connectivity index (χ3v) is 5.18. The van der Waals surface area contributed by atoms with E-state index < -0.39 is 0 Å². The highest BCUT2D eigenvalue weighted by atomic mass is 16.2. The van der Waals surface area contributed by atoms with Crippen LogP contribution in [0.1, 0.15) is 51.6 Å². The van der Waals surface area contributed by atoms with E-state index in [1.165, 1.54) is 4.90 Å². The zero-order valence-electron chi connectivity index (χ0n) is 14.4. The number of imide groups is 1.